The molecular weight excluding hydrogens is 452 g/mol. The van der Waals surface area contributed by atoms with Gasteiger partial charge in [0.25, 0.3) is 11.1 Å². The van der Waals surface area contributed by atoms with Gasteiger partial charge in [0.1, 0.15) is 10.9 Å². The maximum absolute atomic E-state index is 12.5. The van der Waals surface area contributed by atoms with Gasteiger partial charge in [-0.2, -0.15) is 17.9 Å². The normalized spacial score (nSPS) is 14.8. The van der Waals surface area contributed by atoms with Crippen molar-refractivity contribution in [2.24, 2.45) is 4.99 Å². The lowest BCUT2D eigenvalue weighted by Gasteiger charge is -2.21. The van der Waals surface area contributed by atoms with Gasteiger partial charge in [-0.15, -0.1) is 5.10 Å². The Bertz CT molecular complexity index is 1060. The predicted molar refractivity (Wildman–Crippen MR) is 96.7 cm³/mol. The van der Waals surface area contributed by atoms with Crippen LogP contribution in [0.25, 0.3) is 5.65 Å². The van der Waals surface area contributed by atoms with E-state index >= 15 is 0 Å². The molecule has 0 radical (unpaired) electrons. The number of hydrogen-bond donors (Lipinski definition) is 1. The summed E-state index contributed by atoms with van der Waals surface area (Å²) in [4.78, 5) is 20.3. The first-order chi connectivity index (χ1) is 12.2. The molecule has 0 saturated heterocycles. The molecule has 3 heterocycles. The van der Waals surface area contributed by atoms with Crippen molar-refractivity contribution in [2.45, 2.75) is 12.1 Å². The van der Waals surface area contributed by atoms with Crippen LogP contribution in [-0.2, 0) is 14.8 Å². The zero-order valence-electron chi connectivity index (χ0n) is 13.5. The summed E-state index contributed by atoms with van der Waals surface area (Å²) in [6.07, 6.45) is 1.58. The first kappa shape index (κ1) is 18.6. The van der Waals surface area contributed by atoms with Crippen LogP contribution in [-0.4, -0.2) is 52.7 Å². The molecular formula is C13H12BrClN6O4S. The predicted octanol–water partition coefficient (Wildman–Crippen LogP) is 1.12. The van der Waals surface area contributed by atoms with Crippen LogP contribution in [0.15, 0.2) is 33.7 Å². The van der Waals surface area contributed by atoms with E-state index in [1.807, 2.05) is 4.72 Å². The second-order valence-corrected chi connectivity index (χ2v) is 7.90. The number of methoxy groups -OCH3 is 1. The molecule has 0 spiro atoms. The molecule has 1 N–H and O–H groups in total. The highest BCUT2D eigenvalue weighted by atomic mass is 79.9. The Morgan fingerprint density at radius 3 is 2.81 bits per heavy atom. The number of fused-ring (bicyclic) bond motifs is 1. The number of ether oxygens (including phenoxy) is 1. The molecule has 26 heavy (non-hydrogen) atoms. The average molecular weight is 464 g/mol. The van der Waals surface area contributed by atoms with E-state index in [2.05, 4.69) is 31.2 Å². The Balaban J connectivity index is 1.99. The van der Waals surface area contributed by atoms with Crippen molar-refractivity contribution < 1.29 is 17.9 Å². The average Bonchev–Trinajstić information content (AvgIpc) is 3.02. The van der Waals surface area contributed by atoms with E-state index in [4.69, 9.17) is 16.3 Å². The largest absolute Gasteiger partial charge is 0.493 e. The van der Waals surface area contributed by atoms with Crippen LogP contribution in [0.3, 0.4) is 0 Å². The molecule has 0 saturated carbocycles. The minimum Gasteiger partial charge on any atom is -0.493 e. The molecule has 0 atom stereocenters. The van der Waals surface area contributed by atoms with Crippen LogP contribution in [0.2, 0.25) is 5.15 Å². The second kappa shape index (κ2) is 6.85. The number of nitrogens with one attached hydrogen (secondary N) is 1. The number of allylic oxidation sites excluding steroid dienone is 1. The van der Waals surface area contributed by atoms with E-state index in [1.54, 1.807) is 13.1 Å². The van der Waals surface area contributed by atoms with Gasteiger partial charge in [-0.1, -0.05) is 11.6 Å². The van der Waals surface area contributed by atoms with Crippen molar-refractivity contribution in [3.05, 3.63) is 28.7 Å². The van der Waals surface area contributed by atoms with Gasteiger partial charge in [0.05, 0.1) is 35.5 Å². The molecule has 2 aromatic rings. The fourth-order valence-corrected chi connectivity index (χ4v) is 3.79. The smallest absolute Gasteiger partial charge is 0.301 e. The fraction of sp³-hybridized carbons (Fsp3) is 0.231. The Hall–Kier alpha value is -2.18. The van der Waals surface area contributed by atoms with Crippen molar-refractivity contribution >= 4 is 55.5 Å². The number of aliphatic imine (C=N–C) groups is 1. The van der Waals surface area contributed by atoms with Crippen molar-refractivity contribution in [1.82, 2.24) is 23.2 Å². The first-order valence-corrected chi connectivity index (χ1v) is 9.65. The lowest BCUT2D eigenvalue weighted by atomic mass is 10.3. The minimum absolute atomic E-state index is 0.0652. The molecule has 0 aromatic carbocycles. The molecule has 10 nitrogen and oxygen atoms in total. The molecule has 0 aliphatic carbocycles. The zero-order valence-corrected chi connectivity index (χ0v) is 16.6. The van der Waals surface area contributed by atoms with Gasteiger partial charge in [-0.25, -0.2) is 4.72 Å². The number of rotatable bonds is 4. The SMILES string of the molecule is COc1ccc(Cl)n2nc(S(=O)(=O)NC(=O)C3=C(C)N=CCN3Br)nc12. The molecule has 13 heteroatoms. The van der Waals surface area contributed by atoms with E-state index in [0.717, 1.165) is 4.52 Å². The van der Waals surface area contributed by atoms with Crippen LogP contribution < -0.4 is 9.46 Å². The fourth-order valence-electron chi connectivity index (χ4n) is 2.23. The molecule has 3 rings (SSSR count). The number of hydrogen-bond acceptors (Lipinski definition) is 8. The summed E-state index contributed by atoms with van der Waals surface area (Å²) in [6.45, 7) is 1.89. The van der Waals surface area contributed by atoms with Crippen molar-refractivity contribution in [1.29, 1.82) is 0 Å². The van der Waals surface area contributed by atoms with Crippen molar-refractivity contribution in [2.75, 3.05) is 13.7 Å². The molecule has 0 bridgehead atoms. The summed E-state index contributed by atoms with van der Waals surface area (Å²) in [5.41, 5.74) is 0.525. The summed E-state index contributed by atoms with van der Waals surface area (Å²) in [5, 5.41) is 3.37. The molecule has 1 aliphatic rings. The Labute approximate surface area is 161 Å². The van der Waals surface area contributed by atoms with Gasteiger partial charge in [-0.05, 0) is 19.1 Å². The van der Waals surface area contributed by atoms with Crippen LogP contribution in [0, 0.1) is 0 Å². The molecule has 0 unspecified atom stereocenters. The third kappa shape index (κ3) is 3.27. The summed E-state index contributed by atoms with van der Waals surface area (Å²) in [6, 6.07) is 3.01. The lowest BCUT2D eigenvalue weighted by molar-refractivity contribution is -0.116. The van der Waals surface area contributed by atoms with E-state index in [0.29, 0.717) is 12.2 Å². The quantitative estimate of drug-likeness (QED) is 0.533. The Morgan fingerprint density at radius 1 is 1.42 bits per heavy atom. The first-order valence-electron chi connectivity index (χ1n) is 7.07. The van der Waals surface area contributed by atoms with E-state index in [-0.39, 0.29) is 22.2 Å². The van der Waals surface area contributed by atoms with Gasteiger partial charge in [0.15, 0.2) is 11.4 Å². The van der Waals surface area contributed by atoms with E-state index < -0.39 is 21.1 Å². The van der Waals surface area contributed by atoms with Crippen molar-refractivity contribution in [3.63, 3.8) is 0 Å². The van der Waals surface area contributed by atoms with E-state index in [9.17, 15) is 13.2 Å². The number of carbonyl (C=O) groups excluding carboxylic acids is 1. The summed E-state index contributed by atoms with van der Waals surface area (Å²) in [7, 11) is -2.95. The summed E-state index contributed by atoms with van der Waals surface area (Å²) < 4.78 is 34.6. The molecule has 1 aliphatic heterocycles. The third-order valence-electron chi connectivity index (χ3n) is 3.40. The minimum atomic E-state index is -4.35. The van der Waals surface area contributed by atoms with Crippen LogP contribution in [0.1, 0.15) is 6.92 Å². The van der Waals surface area contributed by atoms with Gasteiger partial charge < -0.3 is 4.74 Å². The number of aromatic nitrogens is 3. The van der Waals surface area contributed by atoms with Crippen LogP contribution >= 0.6 is 27.7 Å². The second-order valence-electron chi connectivity index (χ2n) is 5.08. The standard InChI is InChI=1S/C13H12BrClN6O4S/c1-7-10(20(14)6-5-16-7)12(22)19-26(23,24)13-17-11-8(25-2)3-4-9(15)21(11)18-13/h3-5H,6H2,1-2H3,(H,19,22). The molecule has 2 aromatic heterocycles. The van der Waals surface area contributed by atoms with Crippen LogP contribution in [0.5, 0.6) is 5.75 Å². The highest BCUT2D eigenvalue weighted by Crippen LogP contribution is 2.24. The Morgan fingerprint density at radius 2 is 2.15 bits per heavy atom. The maximum Gasteiger partial charge on any atom is 0.301 e. The van der Waals surface area contributed by atoms with Gasteiger partial charge in [0.2, 0.25) is 0 Å². The van der Waals surface area contributed by atoms with Crippen LogP contribution in [0.4, 0.5) is 0 Å². The van der Waals surface area contributed by atoms with Crippen molar-refractivity contribution in [3.8, 4) is 5.75 Å². The summed E-state index contributed by atoms with van der Waals surface area (Å²) >= 11 is 9.18. The molecule has 138 valence electrons. The Kier molecular flexibility index (Phi) is 4.90. The van der Waals surface area contributed by atoms with Gasteiger partial charge in [-0.3, -0.25) is 13.7 Å². The number of carbonyl (C=O) groups is 1. The zero-order chi connectivity index (χ0) is 19.1. The number of nitrogens with zero attached hydrogens (tertiary/aromatic N) is 5. The number of amides is 1. The highest BCUT2D eigenvalue weighted by molar-refractivity contribution is 9.07. The molecule has 1 amide bonds. The highest BCUT2D eigenvalue weighted by Gasteiger charge is 2.29. The number of pyridine rings is 1. The van der Waals surface area contributed by atoms with E-state index in [1.165, 1.54) is 23.2 Å². The van der Waals surface area contributed by atoms with Gasteiger partial charge in [0, 0.05) is 6.21 Å². The lowest BCUT2D eigenvalue weighted by Crippen LogP contribution is -2.37. The maximum atomic E-state index is 12.5. The number of halogens is 2. The molecule has 0 fully saturated rings. The van der Waals surface area contributed by atoms with Gasteiger partial charge >= 0.3 is 10.0 Å². The monoisotopic (exact) mass is 462 g/mol. The topological polar surface area (TPSA) is 118 Å². The summed E-state index contributed by atoms with van der Waals surface area (Å²) in [5.74, 6) is -0.588. The third-order valence-corrected chi connectivity index (χ3v) is 5.44. The number of sulfonamides is 1.